The molecule has 114 valence electrons. The molecule has 0 aromatic carbocycles. The van der Waals surface area contributed by atoms with E-state index in [4.69, 9.17) is 5.11 Å². The number of rotatable bonds is 5. The minimum absolute atomic E-state index is 0.0830. The molecule has 0 radical (unpaired) electrons. The number of H-pyrrole nitrogens is 1. The summed E-state index contributed by atoms with van der Waals surface area (Å²) in [4.78, 5) is 41.1. The molecule has 1 aromatic rings. The highest BCUT2D eigenvalue weighted by atomic mass is 16.4. The number of carbonyl (C=O) groups excluding carboxylic acids is 2. The fourth-order valence-electron chi connectivity index (χ4n) is 2.08. The van der Waals surface area contributed by atoms with Crippen molar-refractivity contribution in [2.75, 3.05) is 6.54 Å². The molecule has 9 heteroatoms. The number of carboxylic acid groups (broad SMARTS) is 1. The van der Waals surface area contributed by atoms with Crippen molar-refractivity contribution in [3.63, 3.8) is 0 Å². The molecule has 1 unspecified atom stereocenters. The van der Waals surface area contributed by atoms with Gasteiger partial charge in [-0.25, -0.2) is 14.6 Å². The summed E-state index contributed by atoms with van der Waals surface area (Å²) >= 11 is 0. The van der Waals surface area contributed by atoms with Gasteiger partial charge in [-0.15, -0.1) is 0 Å². The molecule has 1 aromatic heterocycles. The monoisotopic (exact) mass is 295 g/mol. The van der Waals surface area contributed by atoms with Crippen LogP contribution < -0.4 is 16.0 Å². The Morgan fingerprint density at radius 1 is 1.52 bits per heavy atom. The maximum atomic E-state index is 11.8. The second-order valence-corrected chi connectivity index (χ2v) is 4.78. The lowest BCUT2D eigenvalue weighted by Gasteiger charge is -2.23. The van der Waals surface area contributed by atoms with Gasteiger partial charge in [0.25, 0.3) is 0 Å². The second kappa shape index (κ2) is 6.73. The van der Waals surface area contributed by atoms with Crippen molar-refractivity contribution >= 4 is 17.9 Å². The molecule has 2 heterocycles. The Kier molecular flexibility index (Phi) is 4.75. The molecule has 0 saturated carbocycles. The van der Waals surface area contributed by atoms with Crippen molar-refractivity contribution in [2.24, 2.45) is 0 Å². The number of aromatic nitrogens is 2. The van der Waals surface area contributed by atoms with Crippen LogP contribution in [0.2, 0.25) is 0 Å². The number of piperidine rings is 1. The topological polar surface area (TPSA) is 136 Å². The van der Waals surface area contributed by atoms with Gasteiger partial charge in [0.2, 0.25) is 5.91 Å². The first-order chi connectivity index (χ1) is 10.1. The van der Waals surface area contributed by atoms with Gasteiger partial charge in [-0.05, 0) is 12.8 Å². The molecule has 5 N–H and O–H groups in total. The molecule has 3 amide bonds. The van der Waals surface area contributed by atoms with E-state index >= 15 is 0 Å². The molecular weight excluding hydrogens is 278 g/mol. The summed E-state index contributed by atoms with van der Waals surface area (Å²) in [6, 6.07) is -2.40. The maximum Gasteiger partial charge on any atom is 0.326 e. The summed E-state index contributed by atoms with van der Waals surface area (Å²) in [5, 5.41) is 16.6. The molecule has 1 saturated heterocycles. The standard InChI is InChI=1S/C12H17N5O4/c18-10-8(2-1-3-14-10)16-12(21)17-9(11(19)20)4-7-5-13-6-15-7/h5-6,8-9H,1-4H2,(H,13,15)(H,14,18)(H,19,20)(H2,16,17,21)/t8?,9-/m0/s1. The highest BCUT2D eigenvalue weighted by molar-refractivity contribution is 5.89. The van der Waals surface area contributed by atoms with Crippen LogP contribution in [-0.2, 0) is 16.0 Å². The van der Waals surface area contributed by atoms with Gasteiger partial charge in [-0.1, -0.05) is 0 Å². The summed E-state index contributed by atoms with van der Waals surface area (Å²) in [6.07, 6.45) is 4.31. The number of hydrogen-bond acceptors (Lipinski definition) is 4. The van der Waals surface area contributed by atoms with E-state index in [1.165, 1.54) is 12.5 Å². The highest BCUT2D eigenvalue weighted by Gasteiger charge is 2.26. The van der Waals surface area contributed by atoms with E-state index in [0.29, 0.717) is 18.7 Å². The summed E-state index contributed by atoms with van der Waals surface area (Å²) in [6.45, 7) is 0.593. The van der Waals surface area contributed by atoms with Crippen molar-refractivity contribution in [2.45, 2.75) is 31.3 Å². The van der Waals surface area contributed by atoms with Crippen LogP contribution in [0.5, 0.6) is 0 Å². The van der Waals surface area contributed by atoms with Crippen LogP contribution in [0.15, 0.2) is 12.5 Å². The molecule has 9 nitrogen and oxygen atoms in total. The molecular formula is C12H17N5O4. The number of urea groups is 1. The minimum Gasteiger partial charge on any atom is -0.480 e. The maximum absolute atomic E-state index is 11.8. The van der Waals surface area contributed by atoms with Gasteiger partial charge in [-0.2, -0.15) is 0 Å². The molecule has 2 atom stereocenters. The van der Waals surface area contributed by atoms with Gasteiger partial charge in [0.15, 0.2) is 0 Å². The van der Waals surface area contributed by atoms with Gasteiger partial charge in [0, 0.05) is 24.9 Å². The number of carboxylic acids is 1. The number of aliphatic carboxylic acids is 1. The van der Waals surface area contributed by atoms with Gasteiger partial charge in [-0.3, -0.25) is 4.79 Å². The molecule has 21 heavy (non-hydrogen) atoms. The van der Waals surface area contributed by atoms with E-state index in [0.717, 1.165) is 6.42 Å². The molecule has 1 aliphatic heterocycles. The van der Waals surface area contributed by atoms with E-state index in [1.54, 1.807) is 0 Å². The number of imidazole rings is 1. The van der Waals surface area contributed by atoms with Crippen molar-refractivity contribution in [1.29, 1.82) is 0 Å². The number of hydrogen-bond donors (Lipinski definition) is 5. The smallest absolute Gasteiger partial charge is 0.326 e. The van der Waals surface area contributed by atoms with Crippen molar-refractivity contribution < 1.29 is 19.5 Å². The molecule has 1 fully saturated rings. The summed E-state index contributed by atoms with van der Waals surface area (Å²) in [7, 11) is 0. The van der Waals surface area contributed by atoms with Crippen LogP contribution in [0.3, 0.4) is 0 Å². The first-order valence-electron chi connectivity index (χ1n) is 6.61. The van der Waals surface area contributed by atoms with Gasteiger partial charge < -0.3 is 26.0 Å². The van der Waals surface area contributed by atoms with Crippen LogP contribution in [0.1, 0.15) is 18.5 Å². The predicted octanol–water partition coefficient (Wildman–Crippen LogP) is -1.02. The first kappa shape index (κ1) is 14.8. The lowest BCUT2D eigenvalue weighted by Crippen LogP contribution is -2.55. The van der Waals surface area contributed by atoms with E-state index in [1.807, 2.05) is 0 Å². The fourth-order valence-corrected chi connectivity index (χ4v) is 2.08. The normalized spacial score (nSPS) is 19.4. The number of aromatic amines is 1. The Morgan fingerprint density at radius 2 is 2.33 bits per heavy atom. The average Bonchev–Trinajstić information content (AvgIpc) is 2.93. The number of amides is 3. The van der Waals surface area contributed by atoms with Crippen LogP contribution in [0, 0.1) is 0 Å². The lowest BCUT2D eigenvalue weighted by atomic mass is 10.1. The van der Waals surface area contributed by atoms with E-state index in [9.17, 15) is 14.4 Å². The zero-order valence-electron chi connectivity index (χ0n) is 11.3. The third-order valence-electron chi connectivity index (χ3n) is 3.17. The summed E-state index contributed by atoms with van der Waals surface area (Å²) in [5.74, 6) is -1.41. The quantitative estimate of drug-likeness (QED) is 0.474. The number of carbonyl (C=O) groups is 3. The Hall–Kier alpha value is -2.58. The molecule has 2 rings (SSSR count). The van der Waals surface area contributed by atoms with Crippen LogP contribution in [-0.4, -0.2) is 51.6 Å². The van der Waals surface area contributed by atoms with Gasteiger partial charge in [0.05, 0.1) is 6.33 Å². The lowest BCUT2D eigenvalue weighted by molar-refractivity contribution is -0.139. The fraction of sp³-hybridized carbons (Fsp3) is 0.500. The molecule has 0 bridgehead atoms. The summed E-state index contributed by atoms with van der Waals surface area (Å²) in [5.41, 5.74) is 0.595. The van der Waals surface area contributed by atoms with Crippen molar-refractivity contribution in [1.82, 2.24) is 25.9 Å². The SMILES string of the molecule is O=C(NC1CCCNC1=O)N[C@@H](Cc1cnc[nH]1)C(=O)O. The van der Waals surface area contributed by atoms with Gasteiger partial charge >= 0.3 is 12.0 Å². The Balaban J connectivity index is 1.88. The Bertz CT molecular complexity index is 516. The second-order valence-electron chi connectivity index (χ2n) is 4.78. The van der Waals surface area contributed by atoms with E-state index in [-0.39, 0.29) is 12.3 Å². The summed E-state index contributed by atoms with van der Waals surface area (Å²) < 4.78 is 0. The van der Waals surface area contributed by atoms with Crippen LogP contribution >= 0.6 is 0 Å². The van der Waals surface area contributed by atoms with Crippen LogP contribution in [0.25, 0.3) is 0 Å². The molecule has 0 aliphatic carbocycles. The largest absolute Gasteiger partial charge is 0.480 e. The van der Waals surface area contributed by atoms with E-state index < -0.39 is 24.1 Å². The third-order valence-corrected chi connectivity index (χ3v) is 3.17. The number of nitrogens with one attached hydrogen (secondary N) is 4. The Labute approximate surface area is 120 Å². The third kappa shape index (κ3) is 4.20. The zero-order chi connectivity index (χ0) is 15.2. The predicted molar refractivity (Wildman–Crippen MR) is 71.4 cm³/mol. The molecule has 1 aliphatic rings. The number of nitrogens with zero attached hydrogens (tertiary/aromatic N) is 1. The molecule has 0 spiro atoms. The Morgan fingerprint density at radius 3 is 2.95 bits per heavy atom. The zero-order valence-corrected chi connectivity index (χ0v) is 11.3. The van der Waals surface area contributed by atoms with Crippen molar-refractivity contribution in [3.05, 3.63) is 18.2 Å². The van der Waals surface area contributed by atoms with Crippen molar-refractivity contribution in [3.8, 4) is 0 Å². The van der Waals surface area contributed by atoms with Gasteiger partial charge in [0.1, 0.15) is 12.1 Å². The average molecular weight is 295 g/mol. The minimum atomic E-state index is -1.16. The van der Waals surface area contributed by atoms with Crippen LogP contribution in [0.4, 0.5) is 4.79 Å². The highest BCUT2D eigenvalue weighted by Crippen LogP contribution is 2.03. The van der Waals surface area contributed by atoms with E-state index in [2.05, 4.69) is 25.9 Å². The first-order valence-corrected chi connectivity index (χ1v) is 6.61.